The Balaban J connectivity index is 1.85. The van der Waals surface area contributed by atoms with Gasteiger partial charge in [-0.25, -0.2) is 0 Å². The fourth-order valence-corrected chi connectivity index (χ4v) is 2.77. The van der Waals surface area contributed by atoms with Crippen molar-refractivity contribution in [3.63, 3.8) is 0 Å². The second kappa shape index (κ2) is 6.66. The van der Waals surface area contributed by atoms with E-state index in [4.69, 9.17) is 5.11 Å². The molecule has 4 heteroatoms. The molecule has 0 saturated carbocycles. The Hall–Kier alpha value is -1.42. The molecule has 1 aliphatic rings. The number of aliphatic carboxylic acids is 1. The molecule has 104 valence electrons. The van der Waals surface area contributed by atoms with Gasteiger partial charge in [-0.05, 0) is 50.8 Å². The molecule has 2 heterocycles. The van der Waals surface area contributed by atoms with E-state index in [1.807, 2.05) is 19.1 Å². The topological polar surface area (TPSA) is 53.4 Å². The molecular formula is C15H22N2O2. The van der Waals surface area contributed by atoms with Crippen LogP contribution in [0.1, 0.15) is 37.1 Å². The average molecular weight is 262 g/mol. The average Bonchev–Trinajstić information content (AvgIpc) is 2.37. The number of aryl methyl sites for hydroxylation is 1. The largest absolute Gasteiger partial charge is 0.481 e. The summed E-state index contributed by atoms with van der Waals surface area (Å²) in [5.74, 6) is -0.160. The summed E-state index contributed by atoms with van der Waals surface area (Å²) in [5.41, 5.74) is 2.16. The third-order valence-corrected chi connectivity index (χ3v) is 3.70. The van der Waals surface area contributed by atoms with Crippen molar-refractivity contribution in [1.82, 2.24) is 9.88 Å². The van der Waals surface area contributed by atoms with Crippen LogP contribution < -0.4 is 0 Å². The van der Waals surface area contributed by atoms with Gasteiger partial charge in [-0.3, -0.25) is 14.7 Å². The summed E-state index contributed by atoms with van der Waals surface area (Å²) in [7, 11) is 0. The Bertz CT molecular complexity index is 434. The van der Waals surface area contributed by atoms with E-state index in [0.29, 0.717) is 12.3 Å². The highest BCUT2D eigenvalue weighted by molar-refractivity contribution is 5.66. The first-order valence-electron chi connectivity index (χ1n) is 7.00. The number of piperidine rings is 1. The summed E-state index contributed by atoms with van der Waals surface area (Å²) >= 11 is 0. The van der Waals surface area contributed by atoms with E-state index in [1.165, 1.54) is 0 Å². The van der Waals surface area contributed by atoms with Crippen LogP contribution in [0.15, 0.2) is 18.2 Å². The lowest BCUT2D eigenvalue weighted by Crippen LogP contribution is -2.35. The number of aromatic nitrogens is 1. The highest BCUT2D eigenvalue weighted by atomic mass is 16.4. The summed E-state index contributed by atoms with van der Waals surface area (Å²) in [6.45, 7) is 4.99. The van der Waals surface area contributed by atoms with Crippen LogP contribution in [0.2, 0.25) is 0 Å². The molecule has 1 aromatic rings. The van der Waals surface area contributed by atoms with Gasteiger partial charge in [0.05, 0.1) is 5.69 Å². The lowest BCUT2D eigenvalue weighted by Gasteiger charge is -2.32. The standard InChI is InChI=1S/C15H22N2O2/c1-12-4-2-6-14(16-12)11-17-9-3-5-13(10-17)7-8-15(18)19/h2,4,6,13H,3,5,7-11H2,1H3,(H,18,19). The maximum Gasteiger partial charge on any atom is 0.303 e. The van der Waals surface area contributed by atoms with Crippen molar-refractivity contribution in [2.24, 2.45) is 5.92 Å². The van der Waals surface area contributed by atoms with Crippen LogP contribution in [-0.4, -0.2) is 34.0 Å². The van der Waals surface area contributed by atoms with Gasteiger partial charge in [0.15, 0.2) is 0 Å². The van der Waals surface area contributed by atoms with Crippen LogP contribution in [0.4, 0.5) is 0 Å². The maximum atomic E-state index is 10.6. The van der Waals surface area contributed by atoms with Crippen molar-refractivity contribution in [1.29, 1.82) is 0 Å². The number of nitrogens with zero attached hydrogens (tertiary/aromatic N) is 2. The molecule has 19 heavy (non-hydrogen) atoms. The van der Waals surface area contributed by atoms with E-state index in [0.717, 1.165) is 50.3 Å². The summed E-state index contributed by atoms with van der Waals surface area (Å²) in [6.07, 6.45) is 3.41. The Kier molecular flexibility index (Phi) is 4.91. The van der Waals surface area contributed by atoms with Crippen molar-refractivity contribution >= 4 is 5.97 Å². The molecule has 1 N–H and O–H groups in total. The summed E-state index contributed by atoms with van der Waals surface area (Å²) < 4.78 is 0. The van der Waals surface area contributed by atoms with Gasteiger partial charge in [0.25, 0.3) is 0 Å². The van der Waals surface area contributed by atoms with E-state index < -0.39 is 5.97 Å². The summed E-state index contributed by atoms with van der Waals surface area (Å²) in [6, 6.07) is 6.12. The maximum absolute atomic E-state index is 10.6. The molecule has 0 amide bonds. The van der Waals surface area contributed by atoms with E-state index in [9.17, 15) is 4.79 Å². The fourth-order valence-electron chi connectivity index (χ4n) is 2.77. The lowest BCUT2D eigenvalue weighted by atomic mass is 9.93. The highest BCUT2D eigenvalue weighted by Gasteiger charge is 2.20. The molecule has 1 atom stereocenters. The Morgan fingerprint density at radius 2 is 2.37 bits per heavy atom. The number of pyridine rings is 1. The number of rotatable bonds is 5. The second-order valence-corrected chi connectivity index (χ2v) is 5.45. The van der Waals surface area contributed by atoms with Crippen molar-refractivity contribution in [2.45, 2.75) is 39.2 Å². The van der Waals surface area contributed by atoms with Crippen molar-refractivity contribution in [2.75, 3.05) is 13.1 Å². The zero-order valence-electron chi connectivity index (χ0n) is 11.5. The molecular weight excluding hydrogens is 240 g/mol. The van der Waals surface area contributed by atoms with E-state index in [1.54, 1.807) is 0 Å². The number of likely N-dealkylation sites (tertiary alicyclic amines) is 1. The van der Waals surface area contributed by atoms with Gasteiger partial charge < -0.3 is 5.11 Å². The van der Waals surface area contributed by atoms with Gasteiger partial charge in [-0.1, -0.05) is 6.07 Å². The smallest absolute Gasteiger partial charge is 0.303 e. The Labute approximate surface area is 114 Å². The lowest BCUT2D eigenvalue weighted by molar-refractivity contribution is -0.137. The highest BCUT2D eigenvalue weighted by Crippen LogP contribution is 2.22. The van der Waals surface area contributed by atoms with Crippen LogP contribution in [0.5, 0.6) is 0 Å². The number of carbonyl (C=O) groups is 1. The molecule has 4 nitrogen and oxygen atoms in total. The van der Waals surface area contributed by atoms with Crippen LogP contribution >= 0.6 is 0 Å². The molecule has 0 spiro atoms. The predicted octanol–water partition coefficient (Wildman–Crippen LogP) is 2.47. The number of hydrogen-bond acceptors (Lipinski definition) is 3. The fraction of sp³-hybridized carbons (Fsp3) is 0.600. The molecule has 1 fully saturated rings. The van der Waals surface area contributed by atoms with Crippen molar-refractivity contribution in [3.05, 3.63) is 29.6 Å². The predicted molar refractivity (Wildman–Crippen MR) is 73.8 cm³/mol. The normalized spacial score (nSPS) is 20.4. The summed E-state index contributed by atoms with van der Waals surface area (Å²) in [5, 5.41) is 8.75. The number of carboxylic acid groups (broad SMARTS) is 1. The zero-order valence-corrected chi connectivity index (χ0v) is 11.5. The first-order valence-corrected chi connectivity index (χ1v) is 7.00. The molecule has 2 rings (SSSR count). The van der Waals surface area contributed by atoms with Gasteiger partial charge in [-0.2, -0.15) is 0 Å². The minimum Gasteiger partial charge on any atom is -0.481 e. The zero-order chi connectivity index (χ0) is 13.7. The van der Waals surface area contributed by atoms with Crippen LogP contribution in [0.25, 0.3) is 0 Å². The van der Waals surface area contributed by atoms with Gasteiger partial charge in [0, 0.05) is 25.2 Å². The number of hydrogen-bond donors (Lipinski definition) is 1. The second-order valence-electron chi connectivity index (χ2n) is 5.45. The van der Waals surface area contributed by atoms with Crippen molar-refractivity contribution < 1.29 is 9.90 Å². The molecule has 1 unspecified atom stereocenters. The third-order valence-electron chi connectivity index (χ3n) is 3.70. The summed E-state index contributed by atoms with van der Waals surface area (Å²) in [4.78, 5) is 17.6. The molecule has 0 aliphatic carbocycles. The van der Waals surface area contributed by atoms with Crippen LogP contribution in [-0.2, 0) is 11.3 Å². The third kappa shape index (κ3) is 4.63. The molecule has 0 bridgehead atoms. The minimum absolute atomic E-state index is 0.293. The van der Waals surface area contributed by atoms with E-state index in [-0.39, 0.29) is 0 Å². The Morgan fingerprint density at radius 1 is 1.53 bits per heavy atom. The Morgan fingerprint density at radius 3 is 3.11 bits per heavy atom. The molecule has 1 saturated heterocycles. The molecule has 1 aliphatic heterocycles. The minimum atomic E-state index is -0.683. The monoisotopic (exact) mass is 262 g/mol. The van der Waals surface area contributed by atoms with E-state index >= 15 is 0 Å². The van der Waals surface area contributed by atoms with Gasteiger partial charge in [0.1, 0.15) is 0 Å². The molecule has 0 aromatic carbocycles. The quantitative estimate of drug-likeness (QED) is 0.885. The SMILES string of the molecule is Cc1cccc(CN2CCCC(CCC(=O)O)C2)n1. The molecule has 0 radical (unpaired) electrons. The first kappa shape index (κ1) is 14.0. The van der Waals surface area contributed by atoms with Gasteiger partial charge in [-0.15, -0.1) is 0 Å². The molecule has 1 aromatic heterocycles. The van der Waals surface area contributed by atoms with Gasteiger partial charge >= 0.3 is 5.97 Å². The van der Waals surface area contributed by atoms with Crippen LogP contribution in [0, 0.1) is 12.8 Å². The van der Waals surface area contributed by atoms with Crippen molar-refractivity contribution in [3.8, 4) is 0 Å². The number of carboxylic acids is 1. The van der Waals surface area contributed by atoms with Gasteiger partial charge in [0.2, 0.25) is 0 Å². The van der Waals surface area contributed by atoms with E-state index in [2.05, 4.69) is 16.0 Å². The first-order chi connectivity index (χ1) is 9.13. The van der Waals surface area contributed by atoms with Crippen LogP contribution in [0.3, 0.4) is 0 Å².